The van der Waals surface area contributed by atoms with Crippen molar-refractivity contribution in [1.82, 2.24) is 5.48 Å². The molecule has 82 valence electrons. The maximum atomic E-state index is 11.1. The van der Waals surface area contributed by atoms with Gasteiger partial charge in [-0.25, -0.2) is 5.48 Å². The number of nitrogens with one attached hydrogen (secondary N) is 1. The molecule has 1 aromatic rings. The molecular formula is C11H15NO3. The highest BCUT2D eigenvalue weighted by molar-refractivity contribution is 5.75. The van der Waals surface area contributed by atoms with E-state index < -0.39 is 0 Å². The van der Waals surface area contributed by atoms with Gasteiger partial charge in [-0.15, -0.1) is 0 Å². The summed E-state index contributed by atoms with van der Waals surface area (Å²) < 4.78 is 5.03. The van der Waals surface area contributed by atoms with Gasteiger partial charge in [0.1, 0.15) is 5.75 Å². The molecule has 4 nitrogen and oxygen atoms in total. The van der Waals surface area contributed by atoms with E-state index in [1.54, 1.807) is 7.11 Å². The normalized spacial score (nSPS) is 9.73. The second-order valence-corrected chi connectivity index (χ2v) is 3.08. The van der Waals surface area contributed by atoms with Crippen LogP contribution in [0.15, 0.2) is 24.3 Å². The molecule has 0 saturated carbocycles. The van der Waals surface area contributed by atoms with Crippen LogP contribution < -0.4 is 10.2 Å². The largest absolute Gasteiger partial charge is 0.497 e. The molecule has 1 aromatic carbocycles. The average molecular weight is 209 g/mol. The minimum absolute atomic E-state index is 0.117. The minimum atomic E-state index is -0.117. The lowest BCUT2D eigenvalue weighted by molar-refractivity contribution is -0.131. The molecule has 0 radical (unpaired) electrons. The molecule has 0 fully saturated rings. The fourth-order valence-electron chi connectivity index (χ4n) is 1.21. The van der Waals surface area contributed by atoms with Gasteiger partial charge in [0, 0.05) is 6.42 Å². The Hall–Kier alpha value is -1.55. The highest BCUT2D eigenvalue weighted by atomic mass is 16.6. The number of methoxy groups -OCH3 is 1. The van der Waals surface area contributed by atoms with Gasteiger partial charge in [0.25, 0.3) is 0 Å². The van der Waals surface area contributed by atoms with Crippen molar-refractivity contribution < 1.29 is 14.4 Å². The first-order valence-electron chi connectivity index (χ1n) is 4.71. The number of benzene rings is 1. The van der Waals surface area contributed by atoms with Gasteiger partial charge in [-0.1, -0.05) is 12.1 Å². The summed E-state index contributed by atoms with van der Waals surface area (Å²) in [5.41, 5.74) is 3.37. The van der Waals surface area contributed by atoms with Gasteiger partial charge in [0.2, 0.25) is 5.91 Å². The van der Waals surface area contributed by atoms with Gasteiger partial charge >= 0.3 is 0 Å². The summed E-state index contributed by atoms with van der Waals surface area (Å²) in [4.78, 5) is 15.6. The van der Waals surface area contributed by atoms with E-state index in [4.69, 9.17) is 4.74 Å². The van der Waals surface area contributed by atoms with Crippen LogP contribution >= 0.6 is 0 Å². The first-order chi connectivity index (χ1) is 7.26. The first kappa shape index (κ1) is 11.5. The summed E-state index contributed by atoms with van der Waals surface area (Å²) in [5.74, 6) is 0.702. The van der Waals surface area contributed by atoms with E-state index in [1.165, 1.54) is 7.11 Å². The number of hydrogen-bond donors (Lipinski definition) is 1. The van der Waals surface area contributed by atoms with Crippen LogP contribution in [0.3, 0.4) is 0 Å². The molecule has 0 atom stereocenters. The summed E-state index contributed by atoms with van der Waals surface area (Å²) in [6.45, 7) is 0. The first-order valence-corrected chi connectivity index (χ1v) is 4.71. The molecule has 1 rings (SSSR count). The monoisotopic (exact) mass is 209 g/mol. The van der Waals surface area contributed by atoms with Crippen LogP contribution in [0.1, 0.15) is 12.0 Å². The molecule has 0 aliphatic rings. The number of amides is 1. The zero-order chi connectivity index (χ0) is 11.1. The van der Waals surface area contributed by atoms with Crippen molar-refractivity contribution in [1.29, 1.82) is 0 Å². The lowest BCUT2D eigenvalue weighted by Crippen LogP contribution is -2.21. The molecule has 4 heteroatoms. The van der Waals surface area contributed by atoms with Crippen LogP contribution in [-0.2, 0) is 16.1 Å². The maximum absolute atomic E-state index is 11.1. The topological polar surface area (TPSA) is 47.6 Å². The summed E-state index contributed by atoms with van der Waals surface area (Å²) in [7, 11) is 3.05. The number of carbonyl (C=O) groups is 1. The molecule has 0 unspecified atom stereocenters. The van der Waals surface area contributed by atoms with E-state index >= 15 is 0 Å². The molecule has 0 spiro atoms. The standard InChI is InChI=1S/C11H15NO3/c1-14-10-6-3-9(4-7-10)5-8-11(13)12-15-2/h3-4,6-7H,5,8H2,1-2H3,(H,12,13). The van der Waals surface area contributed by atoms with E-state index in [0.717, 1.165) is 11.3 Å². The Morgan fingerprint density at radius 3 is 2.47 bits per heavy atom. The van der Waals surface area contributed by atoms with Crippen molar-refractivity contribution in [2.75, 3.05) is 14.2 Å². The van der Waals surface area contributed by atoms with Crippen LogP contribution in [0.25, 0.3) is 0 Å². The molecule has 15 heavy (non-hydrogen) atoms. The van der Waals surface area contributed by atoms with E-state index in [2.05, 4.69) is 10.3 Å². The van der Waals surface area contributed by atoms with Crippen LogP contribution in [0.2, 0.25) is 0 Å². The third-order valence-corrected chi connectivity index (χ3v) is 2.02. The molecule has 0 aromatic heterocycles. The van der Waals surface area contributed by atoms with Gasteiger partial charge in [0.15, 0.2) is 0 Å². The van der Waals surface area contributed by atoms with Crippen molar-refractivity contribution >= 4 is 5.91 Å². The second kappa shape index (κ2) is 6.03. The fourth-order valence-corrected chi connectivity index (χ4v) is 1.21. The smallest absolute Gasteiger partial charge is 0.243 e. The second-order valence-electron chi connectivity index (χ2n) is 3.08. The summed E-state index contributed by atoms with van der Waals surface area (Å²) in [6, 6.07) is 7.64. The number of hydrogen-bond acceptors (Lipinski definition) is 3. The molecular weight excluding hydrogens is 194 g/mol. The number of ether oxygens (including phenoxy) is 1. The Bertz CT molecular complexity index is 308. The minimum Gasteiger partial charge on any atom is -0.497 e. The maximum Gasteiger partial charge on any atom is 0.243 e. The van der Waals surface area contributed by atoms with Gasteiger partial charge < -0.3 is 4.74 Å². The van der Waals surface area contributed by atoms with Gasteiger partial charge in [-0.3, -0.25) is 9.63 Å². The SMILES string of the molecule is CONC(=O)CCc1ccc(OC)cc1. The summed E-state index contributed by atoms with van der Waals surface area (Å²) in [6.07, 6.45) is 1.11. The summed E-state index contributed by atoms with van der Waals surface area (Å²) >= 11 is 0. The number of aryl methyl sites for hydroxylation is 1. The summed E-state index contributed by atoms with van der Waals surface area (Å²) in [5, 5.41) is 0. The predicted molar refractivity (Wildman–Crippen MR) is 56.5 cm³/mol. The lowest BCUT2D eigenvalue weighted by Gasteiger charge is -2.03. The molecule has 0 bridgehead atoms. The predicted octanol–water partition coefficient (Wildman–Crippen LogP) is 1.31. The Kier molecular flexibility index (Phi) is 4.63. The fraction of sp³-hybridized carbons (Fsp3) is 0.364. The molecule has 1 amide bonds. The average Bonchev–Trinajstić information content (AvgIpc) is 2.27. The van der Waals surface area contributed by atoms with Crippen LogP contribution in [0, 0.1) is 0 Å². The number of rotatable bonds is 5. The lowest BCUT2D eigenvalue weighted by atomic mass is 10.1. The third kappa shape index (κ3) is 3.99. The number of carbonyl (C=O) groups excluding carboxylic acids is 1. The van der Waals surface area contributed by atoms with Crippen molar-refractivity contribution in [3.05, 3.63) is 29.8 Å². The molecule has 0 aliphatic carbocycles. The Morgan fingerprint density at radius 1 is 1.27 bits per heavy atom. The van der Waals surface area contributed by atoms with E-state index in [0.29, 0.717) is 12.8 Å². The van der Waals surface area contributed by atoms with E-state index in [1.807, 2.05) is 24.3 Å². The molecule has 0 heterocycles. The quantitative estimate of drug-likeness (QED) is 0.744. The van der Waals surface area contributed by atoms with Crippen molar-refractivity contribution in [2.24, 2.45) is 0 Å². The number of hydroxylamine groups is 1. The Morgan fingerprint density at radius 2 is 1.93 bits per heavy atom. The molecule has 1 N–H and O–H groups in total. The molecule has 0 aliphatic heterocycles. The third-order valence-electron chi connectivity index (χ3n) is 2.02. The van der Waals surface area contributed by atoms with Gasteiger partial charge in [-0.2, -0.15) is 0 Å². The highest BCUT2D eigenvalue weighted by Gasteiger charge is 2.01. The van der Waals surface area contributed by atoms with Crippen molar-refractivity contribution in [3.63, 3.8) is 0 Å². The van der Waals surface area contributed by atoms with Crippen LogP contribution in [0.4, 0.5) is 0 Å². The van der Waals surface area contributed by atoms with E-state index in [-0.39, 0.29) is 5.91 Å². The zero-order valence-electron chi connectivity index (χ0n) is 8.95. The highest BCUT2D eigenvalue weighted by Crippen LogP contribution is 2.12. The van der Waals surface area contributed by atoms with Gasteiger partial charge in [-0.05, 0) is 24.1 Å². The van der Waals surface area contributed by atoms with Crippen molar-refractivity contribution in [2.45, 2.75) is 12.8 Å². The Balaban J connectivity index is 2.40. The molecule has 0 saturated heterocycles. The zero-order valence-corrected chi connectivity index (χ0v) is 8.95. The van der Waals surface area contributed by atoms with E-state index in [9.17, 15) is 4.79 Å². The van der Waals surface area contributed by atoms with Crippen LogP contribution in [-0.4, -0.2) is 20.1 Å². The van der Waals surface area contributed by atoms with Crippen LogP contribution in [0.5, 0.6) is 5.75 Å². The van der Waals surface area contributed by atoms with Crippen molar-refractivity contribution in [3.8, 4) is 5.75 Å². The Labute approximate surface area is 89.1 Å². The van der Waals surface area contributed by atoms with Gasteiger partial charge in [0.05, 0.1) is 14.2 Å².